The fourth-order valence-electron chi connectivity index (χ4n) is 5.50. The van der Waals surface area contributed by atoms with E-state index in [1.165, 1.54) is 66.4 Å². The number of rotatable bonds is 19. The monoisotopic (exact) mass is 720 g/mol. The summed E-state index contributed by atoms with van der Waals surface area (Å²) in [5, 5.41) is 39.5. The second-order valence-corrected chi connectivity index (χ2v) is 12.9. The van der Waals surface area contributed by atoms with Crippen molar-refractivity contribution in [2.75, 3.05) is 6.61 Å². The van der Waals surface area contributed by atoms with Gasteiger partial charge in [-0.3, -0.25) is 0 Å². The van der Waals surface area contributed by atoms with Gasteiger partial charge in [0.1, 0.15) is 12.2 Å². The predicted octanol–water partition coefficient (Wildman–Crippen LogP) is 9.96. The average Bonchev–Trinajstić information content (AvgIpc) is 3.38. The number of unbranched alkanes of at least 4 members (excludes halogenated alkanes) is 8. The average molecular weight is 722 g/mol. The van der Waals surface area contributed by atoms with E-state index in [1.807, 2.05) is 24.3 Å². The molecule has 3 unspecified atom stereocenters. The van der Waals surface area contributed by atoms with Gasteiger partial charge in [-0.05, 0) is 62.4 Å². The van der Waals surface area contributed by atoms with Crippen molar-refractivity contribution in [1.82, 2.24) is 0 Å². The SMILES string of the molecule is CCCCCCCCC1=C(c2ccc(C)cc2)[N+](=[N-])C(c2cccc(CC(O)C(O)C(O)CO)c2)=C1CCCC.[CH2-]CCC.[CH2-]CCC.[Ni+2]. The van der Waals surface area contributed by atoms with Crippen LogP contribution >= 0.6 is 0 Å². The Morgan fingerprint density at radius 3 is 1.71 bits per heavy atom. The van der Waals surface area contributed by atoms with Crippen molar-refractivity contribution in [1.29, 1.82) is 0 Å². The summed E-state index contributed by atoms with van der Waals surface area (Å²) in [6.45, 7) is 17.3. The minimum absolute atomic E-state index is 0. The molecular formula is C42H66N2NiO4. The third kappa shape index (κ3) is 16.2. The summed E-state index contributed by atoms with van der Waals surface area (Å²) in [6, 6.07) is 16.0. The van der Waals surface area contributed by atoms with E-state index in [-0.39, 0.29) is 22.9 Å². The van der Waals surface area contributed by atoms with E-state index in [9.17, 15) is 20.9 Å². The Morgan fingerprint density at radius 1 is 0.673 bits per heavy atom. The summed E-state index contributed by atoms with van der Waals surface area (Å²) in [4.78, 5) is 0. The zero-order valence-corrected chi connectivity index (χ0v) is 32.1. The van der Waals surface area contributed by atoms with Crippen molar-refractivity contribution in [2.45, 2.75) is 149 Å². The molecule has 1 heterocycles. The molecule has 49 heavy (non-hydrogen) atoms. The first kappa shape index (κ1) is 46.9. The van der Waals surface area contributed by atoms with Crippen LogP contribution in [0.5, 0.6) is 0 Å². The molecule has 0 amide bonds. The van der Waals surface area contributed by atoms with E-state index in [2.05, 4.69) is 72.7 Å². The topological polar surface area (TPSA) is 106 Å². The summed E-state index contributed by atoms with van der Waals surface area (Å²) in [5.41, 5.74) is 19.5. The van der Waals surface area contributed by atoms with Crippen LogP contribution in [-0.2, 0) is 22.9 Å². The fourth-order valence-corrected chi connectivity index (χ4v) is 5.50. The van der Waals surface area contributed by atoms with E-state index in [0.717, 1.165) is 73.0 Å². The maximum Gasteiger partial charge on any atom is 2.00 e. The van der Waals surface area contributed by atoms with Gasteiger partial charge >= 0.3 is 16.5 Å². The number of aliphatic hydroxyl groups excluding tert-OH is 4. The molecule has 0 bridgehead atoms. The van der Waals surface area contributed by atoms with Gasteiger partial charge in [0.15, 0.2) is 0 Å². The zero-order chi connectivity index (χ0) is 35.9. The first-order valence-corrected chi connectivity index (χ1v) is 18.5. The first-order valence-electron chi connectivity index (χ1n) is 18.5. The summed E-state index contributed by atoms with van der Waals surface area (Å²) in [6.07, 6.45) is 11.6. The number of aryl methyl sites for hydroxylation is 1. The minimum atomic E-state index is -1.45. The van der Waals surface area contributed by atoms with Crippen molar-refractivity contribution in [3.63, 3.8) is 0 Å². The number of hydrogen-bond donors (Lipinski definition) is 4. The van der Waals surface area contributed by atoms with Crippen LogP contribution in [0.4, 0.5) is 0 Å². The van der Waals surface area contributed by atoms with E-state index in [0.29, 0.717) is 0 Å². The van der Waals surface area contributed by atoms with E-state index < -0.39 is 24.9 Å². The van der Waals surface area contributed by atoms with Gasteiger partial charge in [-0.15, -0.1) is 0 Å². The predicted molar refractivity (Wildman–Crippen MR) is 202 cm³/mol. The Morgan fingerprint density at radius 2 is 1.18 bits per heavy atom. The molecule has 1 aliphatic heterocycles. The van der Waals surface area contributed by atoms with E-state index in [1.54, 1.807) is 0 Å². The van der Waals surface area contributed by atoms with Crippen LogP contribution in [0.2, 0.25) is 0 Å². The van der Waals surface area contributed by atoms with Crippen molar-refractivity contribution in [3.8, 4) is 0 Å². The van der Waals surface area contributed by atoms with Gasteiger partial charge in [0.05, 0.1) is 12.7 Å². The number of aliphatic hydroxyl groups is 4. The first-order chi connectivity index (χ1) is 23.1. The molecule has 0 radical (unpaired) electrons. The standard InChI is InChI=1S/C34H48N2O4.2C4H9.Ni/c1-4-6-8-9-10-11-16-29-28(15-7-5-2)33(36(35)32(29)26-19-17-24(3)18-20-26)27-14-12-13-25(21-27)22-30(38)34(40)31(39)23-37;2*1-3-4-2;/h12-14,17-21,30-31,34,37-40H,4-11,15-16,22-23H2,1-3H3;2*1,3-4H2,2H3;/q;2*-1;+2. The molecule has 2 aromatic rings. The van der Waals surface area contributed by atoms with Crippen molar-refractivity contribution in [2.24, 2.45) is 0 Å². The molecule has 0 spiro atoms. The van der Waals surface area contributed by atoms with E-state index >= 15 is 0 Å². The van der Waals surface area contributed by atoms with Crippen LogP contribution in [0.25, 0.3) is 16.9 Å². The Kier molecular flexibility index (Phi) is 26.4. The molecule has 3 rings (SSSR count). The van der Waals surface area contributed by atoms with Crippen molar-refractivity contribution >= 4 is 11.4 Å². The summed E-state index contributed by atoms with van der Waals surface area (Å²) < 4.78 is 1.36. The number of hydrogen-bond acceptors (Lipinski definition) is 4. The molecule has 0 fully saturated rings. The van der Waals surface area contributed by atoms with Crippen molar-refractivity contribution < 1.29 is 41.6 Å². The van der Waals surface area contributed by atoms with Crippen molar-refractivity contribution in [3.05, 3.63) is 101 Å². The summed E-state index contributed by atoms with van der Waals surface area (Å²) in [7, 11) is 0. The molecule has 3 atom stereocenters. The molecule has 278 valence electrons. The van der Waals surface area contributed by atoms with Crippen LogP contribution in [0, 0.1) is 20.8 Å². The second kappa shape index (κ2) is 27.6. The molecule has 0 saturated heterocycles. The van der Waals surface area contributed by atoms with Crippen LogP contribution in [0.1, 0.15) is 140 Å². The molecule has 7 heteroatoms. The van der Waals surface area contributed by atoms with Crippen LogP contribution in [0.15, 0.2) is 59.7 Å². The Hall–Kier alpha value is -2.15. The fraction of sp³-hybridized carbons (Fsp3) is 0.571. The summed E-state index contributed by atoms with van der Waals surface area (Å²) in [5.74, 6) is 0. The third-order valence-electron chi connectivity index (χ3n) is 8.57. The molecule has 0 saturated carbocycles. The largest absolute Gasteiger partial charge is 2.00 e. The minimum Gasteiger partial charge on any atom is -0.493 e. The van der Waals surface area contributed by atoms with E-state index in [4.69, 9.17) is 5.11 Å². The molecule has 4 N–H and O–H groups in total. The Bertz CT molecular complexity index is 1230. The smallest absolute Gasteiger partial charge is 0.493 e. The Balaban J connectivity index is 0.00000230. The van der Waals surface area contributed by atoms with Gasteiger partial charge < -0.3 is 39.8 Å². The van der Waals surface area contributed by atoms with Crippen LogP contribution < -0.4 is 0 Å². The molecule has 0 aliphatic carbocycles. The van der Waals surface area contributed by atoms with Gasteiger partial charge in [0.2, 0.25) is 11.4 Å². The third-order valence-corrected chi connectivity index (χ3v) is 8.57. The quantitative estimate of drug-likeness (QED) is 0.0502. The molecule has 0 aromatic heterocycles. The number of allylic oxidation sites excluding steroid dienone is 2. The van der Waals surface area contributed by atoms with Gasteiger partial charge in [0.25, 0.3) is 0 Å². The number of nitrogens with zero attached hydrogens (tertiary/aromatic N) is 2. The van der Waals surface area contributed by atoms with Gasteiger partial charge in [-0.2, -0.15) is 12.8 Å². The molecule has 6 nitrogen and oxygen atoms in total. The van der Waals surface area contributed by atoms with Crippen LogP contribution in [-0.4, -0.2) is 50.0 Å². The van der Waals surface area contributed by atoms with Gasteiger partial charge in [-0.25, -0.2) is 4.70 Å². The normalized spacial score (nSPS) is 14.4. The Labute approximate surface area is 309 Å². The maximum atomic E-state index is 11.8. The molecular weight excluding hydrogens is 655 g/mol. The van der Waals surface area contributed by atoms with Gasteiger partial charge in [0, 0.05) is 28.7 Å². The zero-order valence-electron chi connectivity index (χ0n) is 31.1. The molecule has 1 aliphatic rings. The maximum absolute atomic E-state index is 11.8. The summed E-state index contributed by atoms with van der Waals surface area (Å²) >= 11 is 0. The van der Waals surface area contributed by atoms with Gasteiger partial charge in [-0.1, -0.05) is 109 Å². The van der Waals surface area contributed by atoms with Crippen LogP contribution in [0.3, 0.4) is 0 Å². The second-order valence-electron chi connectivity index (χ2n) is 12.9. The molecule has 2 aromatic carbocycles. The number of benzene rings is 2.